The predicted octanol–water partition coefficient (Wildman–Crippen LogP) is 1.36. The molecular weight excluding hydrogens is 276 g/mol. The summed E-state index contributed by atoms with van der Waals surface area (Å²) in [4.78, 5) is 22.0. The summed E-state index contributed by atoms with van der Waals surface area (Å²) in [5, 5.41) is 16.2. The van der Waals surface area contributed by atoms with Crippen LogP contribution in [0.5, 0.6) is 0 Å². The number of esters is 2. The third-order valence-electron chi connectivity index (χ3n) is 2.02. The molecule has 0 aliphatic carbocycles. The van der Waals surface area contributed by atoms with Gasteiger partial charge in [-0.15, -0.1) is 0 Å². The van der Waals surface area contributed by atoms with Gasteiger partial charge < -0.3 is 19.7 Å². The average Bonchev–Trinajstić information content (AvgIpc) is 2.42. The summed E-state index contributed by atoms with van der Waals surface area (Å²) >= 11 is 0. The molecule has 0 heterocycles. The summed E-state index contributed by atoms with van der Waals surface area (Å²) in [5.41, 5.74) is 0.626. The number of rotatable bonds is 8. The molecule has 0 bridgehead atoms. The van der Waals surface area contributed by atoms with Crippen LogP contribution >= 0.6 is 0 Å². The lowest BCUT2D eigenvalue weighted by molar-refractivity contribution is -0.152. The van der Waals surface area contributed by atoms with Gasteiger partial charge in [-0.25, -0.2) is 9.59 Å². The van der Waals surface area contributed by atoms with E-state index in [0.29, 0.717) is 11.1 Å². The van der Waals surface area contributed by atoms with Crippen LogP contribution in [0.1, 0.15) is 33.6 Å². The van der Waals surface area contributed by atoms with Crippen molar-refractivity contribution in [1.82, 2.24) is 0 Å². The maximum atomic E-state index is 11.1. The Morgan fingerprint density at radius 2 is 1.43 bits per heavy atom. The fourth-order valence-corrected chi connectivity index (χ4v) is 0.857. The molecule has 0 aliphatic rings. The number of ether oxygens (including phenoxy) is 2. The van der Waals surface area contributed by atoms with E-state index in [1.54, 1.807) is 20.8 Å². The van der Waals surface area contributed by atoms with Gasteiger partial charge in [0.2, 0.25) is 0 Å². The molecular formula is C15H26O6. The first-order chi connectivity index (χ1) is 9.76. The smallest absolute Gasteiger partial charge is 0.333 e. The molecule has 0 aromatic heterocycles. The molecule has 0 aliphatic heterocycles. The molecule has 0 aromatic carbocycles. The van der Waals surface area contributed by atoms with Crippen molar-refractivity contribution in [2.45, 2.75) is 39.7 Å². The summed E-state index contributed by atoms with van der Waals surface area (Å²) in [6.45, 7) is 12.0. The van der Waals surface area contributed by atoms with Crippen LogP contribution in [0.25, 0.3) is 0 Å². The third-order valence-corrected chi connectivity index (χ3v) is 2.02. The van der Waals surface area contributed by atoms with Crippen LogP contribution in [-0.4, -0.2) is 48.1 Å². The van der Waals surface area contributed by atoms with Gasteiger partial charge in [0, 0.05) is 24.4 Å². The Bertz CT molecular complexity index is 344. The van der Waals surface area contributed by atoms with Crippen molar-refractivity contribution in [2.75, 3.05) is 19.8 Å². The molecule has 0 amide bonds. The number of hydrogen-bond acceptors (Lipinski definition) is 6. The van der Waals surface area contributed by atoms with Gasteiger partial charge >= 0.3 is 11.9 Å². The summed E-state index contributed by atoms with van der Waals surface area (Å²) in [7, 11) is 0. The SMILES string of the molecule is C=C(C)C(=O)OCC(C)OC(=O)C(=C)C.OCCCCO. The van der Waals surface area contributed by atoms with Crippen molar-refractivity contribution in [3.05, 3.63) is 24.3 Å². The van der Waals surface area contributed by atoms with Crippen LogP contribution in [0.15, 0.2) is 24.3 Å². The second kappa shape index (κ2) is 13.3. The summed E-state index contributed by atoms with van der Waals surface area (Å²) < 4.78 is 9.70. The second-order valence-corrected chi connectivity index (χ2v) is 4.53. The van der Waals surface area contributed by atoms with Gasteiger partial charge in [0.1, 0.15) is 12.7 Å². The lowest BCUT2D eigenvalue weighted by atomic mass is 10.3. The molecule has 0 rings (SSSR count). The molecule has 0 saturated carbocycles. The van der Waals surface area contributed by atoms with Crippen LogP contribution in [0.3, 0.4) is 0 Å². The number of carbonyl (C=O) groups is 2. The molecule has 0 saturated heterocycles. The lowest BCUT2D eigenvalue weighted by Crippen LogP contribution is -2.22. The van der Waals surface area contributed by atoms with Crippen molar-refractivity contribution in [3.63, 3.8) is 0 Å². The van der Waals surface area contributed by atoms with Gasteiger partial charge in [-0.3, -0.25) is 0 Å². The number of aliphatic hydroxyl groups excluding tert-OH is 2. The zero-order valence-corrected chi connectivity index (χ0v) is 13.1. The van der Waals surface area contributed by atoms with E-state index in [2.05, 4.69) is 13.2 Å². The highest BCUT2D eigenvalue weighted by Gasteiger charge is 2.12. The van der Waals surface area contributed by atoms with Gasteiger partial charge in [0.25, 0.3) is 0 Å². The highest BCUT2D eigenvalue weighted by atomic mass is 16.6. The molecule has 0 aromatic rings. The highest BCUT2D eigenvalue weighted by molar-refractivity contribution is 5.87. The number of hydrogen-bond donors (Lipinski definition) is 2. The zero-order chi connectivity index (χ0) is 16.8. The van der Waals surface area contributed by atoms with Gasteiger partial charge in [-0.2, -0.15) is 0 Å². The molecule has 1 atom stereocenters. The fraction of sp³-hybridized carbons (Fsp3) is 0.600. The van der Waals surface area contributed by atoms with Crippen LogP contribution in [0, 0.1) is 0 Å². The Labute approximate surface area is 126 Å². The number of carbonyl (C=O) groups excluding carboxylic acids is 2. The largest absolute Gasteiger partial charge is 0.458 e. The normalized spacial score (nSPS) is 10.7. The third kappa shape index (κ3) is 14.6. The van der Waals surface area contributed by atoms with Gasteiger partial charge in [-0.05, 0) is 33.6 Å². The molecule has 21 heavy (non-hydrogen) atoms. The standard InChI is InChI=1S/C11H16O4.C4H10O2/c1-7(2)10(12)14-6-9(5)15-11(13)8(3)4;5-3-1-2-4-6/h9H,1,3,6H2,2,4-5H3;5-6H,1-4H2. The van der Waals surface area contributed by atoms with E-state index in [-0.39, 0.29) is 19.8 Å². The van der Waals surface area contributed by atoms with Crippen LogP contribution < -0.4 is 0 Å². The second-order valence-electron chi connectivity index (χ2n) is 4.53. The monoisotopic (exact) mass is 302 g/mol. The Morgan fingerprint density at radius 1 is 1.00 bits per heavy atom. The first kappa shape index (κ1) is 21.6. The Balaban J connectivity index is 0. The van der Waals surface area contributed by atoms with E-state index in [1.165, 1.54) is 0 Å². The molecule has 0 spiro atoms. The van der Waals surface area contributed by atoms with E-state index in [1.807, 2.05) is 0 Å². The zero-order valence-electron chi connectivity index (χ0n) is 13.1. The quantitative estimate of drug-likeness (QED) is 0.399. The average molecular weight is 302 g/mol. The van der Waals surface area contributed by atoms with Crippen molar-refractivity contribution in [3.8, 4) is 0 Å². The predicted molar refractivity (Wildman–Crippen MR) is 79.5 cm³/mol. The molecule has 122 valence electrons. The van der Waals surface area contributed by atoms with E-state index in [9.17, 15) is 9.59 Å². The molecule has 0 radical (unpaired) electrons. The minimum atomic E-state index is -0.492. The van der Waals surface area contributed by atoms with Crippen LogP contribution in [0.4, 0.5) is 0 Å². The van der Waals surface area contributed by atoms with E-state index < -0.39 is 18.0 Å². The Morgan fingerprint density at radius 3 is 1.76 bits per heavy atom. The first-order valence-electron chi connectivity index (χ1n) is 6.67. The fourth-order valence-electron chi connectivity index (χ4n) is 0.857. The maximum Gasteiger partial charge on any atom is 0.333 e. The van der Waals surface area contributed by atoms with Gasteiger partial charge in [0.05, 0.1) is 0 Å². The summed E-state index contributed by atoms with van der Waals surface area (Å²) in [6.07, 6.45) is 0.949. The first-order valence-corrected chi connectivity index (χ1v) is 6.67. The maximum absolute atomic E-state index is 11.1. The Kier molecular flexibility index (Phi) is 13.7. The number of aliphatic hydroxyl groups is 2. The van der Waals surface area contributed by atoms with Crippen molar-refractivity contribution >= 4 is 11.9 Å². The Hall–Kier alpha value is -1.66. The molecule has 0 fully saturated rings. The summed E-state index contributed by atoms with van der Waals surface area (Å²) in [6, 6.07) is 0. The van der Waals surface area contributed by atoms with Crippen molar-refractivity contribution in [1.29, 1.82) is 0 Å². The van der Waals surface area contributed by atoms with E-state index in [0.717, 1.165) is 12.8 Å². The van der Waals surface area contributed by atoms with Gasteiger partial charge in [0.15, 0.2) is 0 Å². The molecule has 2 N–H and O–H groups in total. The lowest BCUT2D eigenvalue weighted by Gasteiger charge is -2.13. The molecule has 6 heteroatoms. The van der Waals surface area contributed by atoms with Gasteiger partial charge in [-0.1, -0.05) is 13.2 Å². The minimum absolute atomic E-state index is 0.0186. The van der Waals surface area contributed by atoms with Crippen LogP contribution in [-0.2, 0) is 19.1 Å². The van der Waals surface area contributed by atoms with Crippen LogP contribution in [0.2, 0.25) is 0 Å². The van der Waals surface area contributed by atoms with Crippen molar-refractivity contribution in [2.24, 2.45) is 0 Å². The summed E-state index contributed by atoms with van der Waals surface area (Å²) in [5.74, 6) is -0.984. The van der Waals surface area contributed by atoms with E-state index in [4.69, 9.17) is 19.7 Å². The highest BCUT2D eigenvalue weighted by Crippen LogP contribution is 2.00. The molecule has 1 unspecified atom stereocenters. The number of unbranched alkanes of at least 4 members (excludes halogenated alkanes) is 1. The topological polar surface area (TPSA) is 93.1 Å². The minimum Gasteiger partial charge on any atom is -0.458 e. The van der Waals surface area contributed by atoms with E-state index >= 15 is 0 Å². The molecule has 6 nitrogen and oxygen atoms in total. The van der Waals surface area contributed by atoms with Crippen molar-refractivity contribution < 1.29 is 29.3 Å².